The molecule has 1 aliphatic heterocycles. The fourth-order valence-corrected chi connectivity index (χ4v) is 3.07. The second kappa shape index (κ2) is 7.63. The molecule has 2 N–H and O–H groups in total. The van der Waals surface area contributed by atoms with Gasteiger partial charge in [-0.2, -0.15) is 5.10 Å². The molecule has 28 heavy (non-hydrogen) atoms. The number of nitrogens with one attached hydrogen (secondary N) is 2. The lowest BCUT2D eigenvalue weighted by Gasteiger charge is -2.19. The maximum Gasteiger partial charge on any atom is 0.285 e. The predicted molar refractivity (Wildman–Crippen MR) is 100 cm³/mol. The van der Waals surface area contributed by atoms with Gasteiger partial charge in [0, 0.05) is 37.0 Å². The highest BCUT2D eigenvalue weighted by molar-refractivity contribution is 6.39. The number of halogens is 1. The van der Waals surface area contributed by atoms with E-state index in [2.05, 4.69) is 16.0 Å². The highest BCUT2D eigenvalue weighted by atomic mass is 19.1. The van der Waals surface area contributed by atoms with Gasteiger partial charge in [-0.3, -0.25) is 25.2 Å². The van der Waals surface area contributed by atoms with Gasteiger partial charge in [0.25, 0.3) is 11.8 Å². The minimum Gasteiger partial charge on any atom is -0.318 e. The molecule has 9 heteroatoms. The Bertz CT molecular complexity index is 978. The first-order valence-electron chi connectivity index (χ1n) is 8.67. The van der Waals surface area contributed by atoms with Crippen LogP contribution < -0.4 is 10.9 Å². The Balaban J connectivity index is 1.72. The van der Waals surface area contributed by atoms with E-state index in [9.17, 15) is 18.8 Å². The number of nitrogens with zero attached hydrogens (tertiary/aromatic N) is 3. The topological polar surface area (TPSA) is 95.8 Å². The minimum atomic E-state index is -0.569. The Kier molecular flexibility index (Phi) is 5.25. The highest BCUT2D eigenvalue weighted by Crippen LogP contribution is 2.21. The number of carbonyl (C=O) groups is 3. The Hall–Kier alpha value is -3.49. The molecule has 1 aromatic heterocycles. The second-order valence-electron chi connectivity index (χ2n) is 6.47. The lowest BCUT2D eigenvalue weighted by atomic mass is 10.1. The average molecular weight is 385 g/mol. The third kappa shape index (κ3) is 3.78. The molecule has 0 fully saturated rings. The molecule has 0 radical (unpaired) electrons. The zero-order valence-corrected chi connectivity index (χ0v) is 15.7. The van der Waals surface area contributed by atoms with Crippen LogP contribution in [0.1, 0.15) is 34.6 Å². The summed E-state index contributed by atoms with van der Waals surface area (Å²) >= 11 is 0. The highest BCUT2D eigenvalue weighted by Gasteiger charge is 2.23. The van der Waals surface area contributed by atoms with E-state index >= 15 is 0 Å². The number of aryl methyl sites for hydroxylation is 1. The molecule has 0 unspecified atom stereocenters. The van der Waals surface area contributed by atoms with E-state index in [0.717, 1.165) is 16.4 Å². The lowest BCUT2D eigenvalue weighted by Crippen LogP contribution is -2.46. The summed E-state index contributed by atoms with van der Waals surface area (Å²) in [6, 6.07) is 7.63. The van der Waals surface area contributed by atoms with E-state index in [1.165, 1.54) is 19.2 Å². The first-order chi connectivity index (χ1) is 13.3. The zero-order chi connectivity index (χ0) is 20.4. The first-order valence-corrected chi connectivity index (χ1v) is 8.67. The molecule has 3 amide bonds. The fraction of sp³-hybridized carbons (Fsp3) is 0.263. The van der Waals surface area contributed by atoms with E-state index in [4.69, 9.17) is 0 Å². The number of carbonyl (C=O) groups excluding carboxylic acids is 3. The molecule has 2 heterocycles. The monoisotopic (exact) mass is 385 g/mol. The first kappa shape index (κ1) is 19.3. The van der Waals surface area contributed by atoms with Crippen molar-refractivity contribution >= 4 is 23.4 Å². The van der Waals surface area contributed by atoms with Gasteiger partial charge < -0.3 is 4.57 Å². The molecule has 0 aliphatic carbocycles. The summed E-state index contributed by atoms with van der Waals surface area (Å²) in [5.41, 5.74) is 7.40. The van der Waals surface area contributed by atoms with Crippen LogP contribution in [-0.4, -0.2) is 40.1 Å². The number of hydrazone groups is 1. The van der Waals surface area contributed by atoms with Gasteiger partial charge in [-0.15, -0.1) is 0 Å². The number of amides is 3. The Labute approximate surface area is 161 Å². The van der Waals surface area contributed by atoms with Crippen LogP contribution >= 0.6 is 0 Å². The van der Waals surface area contributed by atoms with E-state index in [1.807, 2.05) is 11.5 Å². The van der Waals surface area contributed by atoms with Crippen LogP contribution in [0, 0.1) is 19.7 Å². The van der Waals surface area contributed by atoms with Gasteiger partial charge in [-0.1, -0.05) is 0 Å². The van der Waals surface area contributed by atoms with Crippen LogP contribution in [0.3, 0.4) is 0 Å². The summed E-state index contributed by atoms with van der Waals surface area (Å²) in [6.07, 6.45) is 0.402. The summed E-state index contributed by atoms with van der Waals surface area (Å²) < 4.78 is 15.0. The molecule has 0 saturated carbocycles. The van der Waals surface area contributed by atoms with Crippen LogP contribution in [0.5, 0.6) is 0 Å². The summed E-state index contributed by atoms with van der Waals surface area (Å²) in [4.78, 5) is 36.1. The molecule has 0 spiro atoms. The van der Waals surface area contributed by atoms with E-state index < -0.39 is 11.8 Å². The maximum absolute atomic E-state index is 13.2. The van der Waals surface area contributed by atoms with E-state index in [-0.39, 0.29) is 30.3 Å². The van der Waals surface area contributed by atoms with Crippen molar-refractivity contribution in [3.05, 3.63) is 53.1 Å². The second-order valence-corrected chi connectivity index (χ2v) is 6.47. The smallest absolute Gasteiger partial charge is 0.285 e. The van der Waals surface area contributed by atoms with Crippen molar-refractivity contribution in [1.29, 1.82) is 0 Å². The molecule has 8 nitrogen and oxygen atoms in total. The number of hydrogen-bond acceptors (Lipinski definition) is 4. The van der Waals surface area contributed by atoms with Crippen LogP contribution in [-0.2, 0) is 9.59 Å². The number of rotatable bonds is 3. The van der Waals surface area contributed by atoms with Crippen molar-refractivity contribution in [2.24, 2.45) is 5.10 Å². The molecular formula is C19H20FN5O3. The van der Waals surface area contributed by atoms with Crippen molar-refractivity contribution < 1.29 is 18.8 Å². The fourth-order valence-electron chi connectivity index (χ4n) is 3.07. The van der Waals surface area contributed by atoms with Gasteiger partial charge in [0.2, 0.25) is 5.91 Å². The van der Waals surface area contributed by atoms with Gasteiger partial charge in [0.15, 0.2) is 0 Å². The number of aromatic nitrogens is 1. The van der Waals surface area contributed by atoms with Crippen molar-refractivity contribution in [2.45, 2.75) is 26.7 Å². The third-order valence-corrected chi connectivity index (χ3v) is 4.52. The van der Waals surface area contributed by atoms with Gasteiger partial charge >= 0.3 is 0 Å². The quantitative estimate of drug-likeness (QED) is 0.786. The van der Waals surface area contributed by atoms with Crippen molar-refractivity contribution in [3.63, 3.8) is 0 Å². The molecule has 1 aromatic carbocycles. The van der Waals surface area contributed by atoms with Gasteiger partial charge in [-0.05, 0) is 44.2 Å². The largest absolute Gasteiger partial charge is 0.318 e. The Morgan fingerprint density at radius 2 is 1.71 bits per heavy atom. The van der Waals surface area contributed by atoms with Crippen LogP contribution in [0.25, 0.3) is 5.69 Å². The molecule has 0 saturated heterocycles. The molecule has 2 aromatic rings. The SMILES string of the molecule is Cc1cc(C(=O)NNC(=O)C2=NN(C)C(=O)CC2)c(C)n1-c1ccc(F)cc1. The number of hydrogen-bond donors (Lipinski definition) is 2. The van der Waals surface area contributed by atoms with Crippen molar-refractivity contribution in [3.8, 4) is 5.69 Å². The Morgan fingerprint density at radius 1 is 1.07 bits per heavy atom. The zero-order valence-electron chi connectivity index (χ0n) is 15.7. The van der Waals surface area contributed by atoms with E-state index in [1.54, 1.807) is 25.1 Å². The van der Waals surface area contributed by atoms with Crippen LogP contribution in [0.2, 0.25) is 0 Å². The minimum absolute atomic E-state index is 0.166. The summed E-state index contributed by atoms with van der Waals surface area (Å²) in [5, 5.41) is 5.01. The number of benzene rings is 1. The molecule has 146 valence electrons. The summed E-state index contributed by atoms with van der Waals surface area (Å²) in [5.74, 6) is -1.57. The third-order valence-electron chi connectivity index (χ3n) is 4.52. The van der Waals surface area contributed by atoms with Crippen LogP contribution in [0.4, 0.5) is 4.39 Å². The molecule has 3 rings (SSSR count). The van der Waals surface area contributed by atoms with Crippen LogP contribution in [0.15, 0.2) is 35.4 Å². The maximum atomic E-state index is 13.2. The molecule has 0 atom stereocenters. The molecular weight excluding hydrogens is 365 g/mol. The van der Waals surface area contributed by atoms with Gasteiger partial charge in [-0.25, -0.2) is 9.40 Å². The summed E-state index contributed by atoms with van der Waals surface area (Å²) in [6.45, 7) is 3.59. The van der Waals surface area contributed by atoms with E-state index in [0.29, 0.717) is 11.3 Å². The van der Waals surface area contributed by atoms with Gasteiger partial charge in [0.1, 0.15) is 11.5 Å². The normalized spacial score (nSPS) is 13.9. The summed E-state index contributed by atoms with van der Waals surface area (Å²) in [7, 11) is 1.47. The van der Waals surface area contributed by atoms with Crippen molar-refractivity contribution in [1.82, 2.24) is 20.4 Å². The molecule has 1 aliphatic rings. The Morgan fingerprint density at radius 3 is 2.36 bits per heavy atom. The molecule has 0 bridgehead atoms. The van der Waals surface area contributed by atoms with Gasteiger partial charge in [0.05, 0.1) is 5.56 Å². The van der Waals surface area contributed by atoms with Crippen molar-refractivity contribution in [2.75, 3.05) is 7.05 Å². The average Bonchev–Trinajstić information content (AvgIpc) is 2.97. The standard InChI is InChI=1S/C19H20FN5O3/c1-11-10-15(12(2)25(11)14-6-4-13(20)5-7-14)18(27)21-22-19(28)16-8-9-17(26)24(3)23-16/h4-7,10H,8-9H2,1-3H3,(H,21,27)(H,22,28). The lowest BCUT2D eigenvalue weighted by molar-refractivity contribution is -0.130. The predicted octanol–water partition coefficient (Wildman–Crippen LogP) is 1.60. The number of hydrazine groups is 1.